The molecule has 1 aliphatic heterocycles. The fourth-order valence-electron chi connectivity index (χ4n) is 2.04. The lowest BCUT2D eigenvalue weighted by atomic mass is 10.1. The summed E-state index contributed by atoms with van der Waals surface area (Å²) in [4.78, 5) is 0. The van der Waals surface area contributed by atoms with Crippen molar-refractivity contribution >= 4 is 5.95 Å². The molecule has 0 saturated carbocycles. The van der Waals surface area contributed by atoms with Gasteiger partial charge in [0.2, 0.25) is 5.95 Å². The molecule has 2 heterocycles. The monoisotopic (exact) mass is 245 g/mol. The Bertz CT molecular complexity index is 492. The van der Waals surface area contributed by atoms with E-state index < -0.39 is 0 Å². The Hall–Kier alpha value is -1.95. The Balaban J connectivity index is 1.79. The molecule has 0 bridgehead atoms. The van der Waals surface area contributed by atoms with Crippen LogP contribution in [-0.4, -0.2) is 39.5 Å². The number of benzene rings is 1. The van der Waals surface area contributed by atoms with Gasteiger partial charge in [-0.3, -0.25) is 0 Å². The minimum Gasteiger partial charge on any atom is -0.381 e. The molecular weight excluding hydrogens is 230 g/mol. The second kappa shape index (κ2) is 5.14. The molecule has 1 N–H and O–H groups in total. The van der Waals surface area contributed by atoms with Crippen LogP contribution < -0.4 is 5.32 Å². The van der Waals surface area contributed by atoms with Crippen LogP contribution in [0.15, 0.2) is 30.3 Å². The molecule has 0 radical (unpaired) electrons. The number of anilines is 1. The first kappa shape index (κ1) is 11.2. The van der Waals surface area contributed by atoms with Gasteiger partial charge in [0.25, 0.3) is 0 Å². The van der Waals surface area contributed by atoms with Gasteiger partial charge in [-0.2, -0.15) is 4.68 Å². The van der Waals surface area contributed by atoms with Crippen molar-refractivity contribution in [1.29, 1.82) is 0 Å². The highest BCUT2D eigenvalue weighted by atomic mass is 16.5. The van der Waals surface area contributed by atoms with Crippen LogP contribution in [0.3, 0.4) is 0 Å². The van der Waals surface area contributed by atoms with Crippen LogP contribution in [0.4, 0.5) is 5.95 Å². The van der Waals surface area contributed by atoms with Crippen LogP contribution in [0, 0.1) is 0 Å². The van der Waals surface area contributed by atoms with E-state index >= 15 is 0 Å². The highest BCUT2D eigenvalue weighted by Crippen LogP contribution is 2.15. The van der Waals surface area contributed by atoms with Crippen molar-refractivity contribution in [2.45, 2.75) is 18.9 Å². The molecule has 1 saturated heterocycles. The van der Waals surface area contributed by atoms with E-state index in [0.717, 1.165) is 31.7 Å². The van der Waals surface area contributed by atoms with E-state index in [1.165, 1.54) is 0 Å². The molecule has 3 rings (SSSR count). The smallest absolute Gasteiger partial charge is 0.247 e. The standard InChI is InChI=1S/C12H15N5O/c1-2-4-11(5-3-1)17-12(14-15-16-17)13-10-6-8-18-9-7-10/h1-5,10H,6-9H2,(H,13,14,16). The zero-order valence-corrected chi connectivity index (χ0v) is 9.99. The number of para-hydroxylation sites is 1. The number of nitrogens with one attached hydrogen (secondary N) is 1. The van der Waals surface area contributed by atoms with Crippen LogP contribution in [0.25, 0.3) is 5.69 Å². The van der Waals surface area contributed by atoms with E-state index in [1.807, 2.05) is 30.3 Å². The predicted octanol–water partition coefficient (Wildman–Crippen LogP) is 1.25. The zero-order valence-electron chi connectivity index (χ0n) is 9.99. The van der Waals surface area contributed by atoms with Crippen molar-refractivity contribution < 1.29 is 4.74 Å². The number of rotatable bonds is 3. The molecular formula is C12H15N5O. The van der Waals surface area contributed by atoms with Crippen molar-refractivity contribution in [2.75, 3.05) is 18.5 Å². The molecule has 0 aliphatic carbocycles. The van der Waals surface area contributed by atoms with Crippen molar-refractivity contribution in [1.82, 2.24) is 20.2 Å². The van der Waals surface area contributed by atoms with Gasteiger partial charge in [-0.05, 0) is 35.4 Å². The summed E-state index contributed by atoms with van der Waals surface area (Å²) >= 11 is 0. The predicted molar refractivity (Wildman–Crippen MR) is 66.6 cm³/mol. The van der Waals surface area contributed by atoms with Gasteiger partial charge in [0, 0.05) is 19.3 Å². The first-order valence-electron chi connectivity index (χ1n) is 6.11. The number of aromatic nitrogens is 4. The highest BCUT2D eigenvalue weighted by Gasteiger charge is 2.17. The molecule has 1 aromatic heterocycles. The van der Waals surface area contributed by atoms with Crippen molar-refractivity contribution in [3.05, 3.63) is 30.3 Å². The minimum absolute atomic E-state index is 0.382. The van der Waals surface area contributed by atoms with Crippen LogP contribution in [0.1, 0.15) is 12.8 Å². The summed E-state index contributed by atoms with van der Waals surface area (Å²) in [6.45, 7) is 1.59. The molecule has 18 heavy (non-hydrogen) atoms. The van der Waals surface area contributed by atoms with Crippen molar-refractivity contribution in [3.8, 4) is 5.69 Å². The molecule has 2 aromatic rings. The van der Waals surface area contributed by atoms with E-state index in [9.17, 15) is 0 Å². The normalized spacial score (nSPS) is 16.7. The van der Waals surface area contributed by atoms with Gasteiger partial charge in [-0.1, -0.05) is 23.3 Å². The number of ether oxygens (including phenoxy) is 1. The fraction of sp³-hybridized carbons (Fsp3) is 0.417. The summed E-state index contributed by atoms with van der Waals surface area (Å²) in [6, 6.07) is 10.2. The van der Waals surface area contributed by atoms with E-state index in [4.69, 9.17) is 4.74 Å². The Morgan fingerprint density at radius 3 is 2.72 bits per heavy atom. The maximum atomic E-state index is 5.34. The van der Waals surface area contributed by atoms with Crippen LogP contribution in [-0.2, 0) is 4.74 Å². The average molecular weight is 245 g/mol. The Morgan fingerprint density at radius 2 is 1.94 bits per heavy atom. The maximum Gasteiger partial charge on any atom is 0.247 e. The van der Waals surface area contributed by atoms with E-state index in [-0.39, 0.29) is 0 Å². The topological polar surface area (TPSA) is 64.9 Å². The third-order valence-corrected chi connectivity index (χ3v) is 3.02. The van der Waals surface area contributed by atoms with Gasteiger partial charge in [0.15, 0.2) is 0 Å². The summed E-state index contributed by atoms with van der Waals surface area (Å²) in [6.07, 6.45) is 1.98. The molecule has 94 valence electrons. The lowest BCUT2D eigenvalue weighted by Crippen LogP contribution is -2.29. The molecule has 1 fully saturated rings. The minimum atomic E-state index is 0.382. The summed E-state index contributed by atoms with van der Waals surface area (Å²) in [7, 11) is 0. The molecule has 0 amide bonds. The molecule has 1 aliphatic rings. The van der Waals surface area contributed by atoms with Crippen LogP contribution >= 0.6 is 0 Å². The second-order valence-corrected chi connectivity index (χ2v) is 4.28. The van der Waals surface area contributed by atoms with Crippen molar-refractivity contribution in [3.63, 3.8) is 0 Å². The van der Waals surface area contributed by atoms with Crippen LogP contribution in [0.2, 0.25) is 0 Å². The average Bonchev–Trinajstić information content (AvgIpc) is 2.89. The number of nitrogens with zero attached hydrogens (tertiary/aromatic N) is 4. The Labute approximate surface area is 105 Å². The maximum absolute atomic E-state index is 5.34. The molecule has 0 spiro atoms. The Morgan fingerprint density at radius 1 is 1.17 bits per heavy atom. The summed E-state index contributed by atoms with van der Waals surface area (Å²) in [5, 5.41) is 15.2. The third-order valence-electron chi connectivity index (χ3n) is 3.02. The van der Waals surface area contributed by atoms with E-state index in [2.05, 4.69) is 20.8 Å². The van der Waals surface area contributed by atoms with Gasteiger partial charge in [-0.15, -0.1) is 0 Å². The number of tetrazole rings is 1. The van der Waals surface area contributed by atoms with E-state index in [1.54, 1.807) is 4.68 Å². The number of hydrogen-bond donors (Lipinski definition) is 1. The third kappa shape index (κ3) is 2.33. The molecule has 6 nitrogen and oxygen atoms in total. The largest absolute Gasteiger partial charge is 0.381 e. The number of hydrogen-bond acceptors (Lipinski definition) is 5. The fourth-order valence-corrected chi connectivity index (χ4v) is 2.04. The quantitative estimate of drug-likeness (QED) is 0.881. The summed E-state index contributed by atoms with van der Waals surface area (Å²) in [5.41, 5.74) is 0.956. The van der Waals surface area contributed by atoms with Gasteiger partial charge in [-0.25, -0.2) is 0 Å². The SMILES string of the molecule is c1ccc(-n2nnnc2NC2CCOCC2)cc1. The van der Waals surface area contributed by atoms with Gasteiger partial charge in [0.1, 0.15) is 0 Å². The molecule has 0 atom stereocenters. The second-order valence-electron chi connectivity index (χ2n) is 4.28. The summed E-state index contributed by atoms with van der Waals surface area (Å²) in [5.74, 6) is 0.688. The van der Waals surface area contributed by atoms with E-state index in [0.29, 0.717) is 12.0 Å². The van der Waals surface area contributed by atoms with Gasteiger partial charge < -0.3 is 10.1 Å². The van der Waals surface area contributed by atoms with Gasteiger partial charge in [0.05, 0.1) is 5.69 Å². The van der Waals surface area contributed by atoms with Crippen molar-refractivity contribution in [2.24, 2.45) is 0 Å². The first-order chi connectivity index (χ1) is 8.93. The van der Waals surface area contributed by atoms with Crippen LogP contribution in [0.5, 0.6) is 0 Å². The summed E-state index contributed by atoms with van der Waals surface area (Å²) < 4.78 is 7.05. The molecule has 1 aromatic carbocycles. The molecule has 0 unspecified atom stereocenters. The lowest BCUT2D eigenvalue weighted by Gasteiger charge is -2.23. The lowest BCUT2D eigenvalue weighted by molar-refractivity contribution is 0.0902. The highest BCUT2D eigenvalue weighted by molar-refractivity contribution is 5.38. The zero-order chi connectivity index (χ0) is 12.2. The Kier molecular flexibility index (Phi) is 3.18. The first-order valence-corrected chi connectivity index (χ1v) is 6.11. The van der Waals surface area contributed by atoms with Gasteiger partial charge >= 0.3 is 0 Å². The molecule has 6 heteroatoms.